The first-order chi connectivity index (χ1) is 13.2. The molecule has 0 bridgehead atoms. The van der Waals surface area contributed by atoms with Crippen LogP contribution in [0.5, 0.6) is 0 Å². The van der Waals surface area contributed by atoms with Crippen molar-refractivity contribution in [1.29, 1.82) is 0 Å². The van der Waals surface area contributed by atoms with Gasteiger partial charge in [0.25, 0.3) is 0 Å². The minimum atomic E-state index is -0.292. The smallest absolute Gasteiger partial charge is 0.0314 e. The Morgan fingerprint density at radius 2 is 1.39 bits per heavy atom. The molecule has 0 aliphatic heterocycles. The number of hydrogen-bond acceptors (Lipinski definition) is 1. The van der Waals surface area contributed by atoms with Crippen LogP contribution in [0, 0.1) is 19.9 Å². The van der Waals surface area contributed by atoms with E-state index in [1.54, 1.807) is 0 Å². The zero-order valence-corrected chi connectivity index (χ0v) is 18.1. The van der Waals surface area contributed by atoms with Crippen LogP contribution in [0.1, 0.15) is 33.4 Å². The molecule has 0 unspecified atom stereocenters. The van der Waals surface area contributed by atoms with Crippen molar-refractivity contribution >= 4 is 0 Å². The van der Waals surface area contributed by atoms with E-state index < -0.39 is 0 Å². The molecule has 4 aromatic rings. The zero-order valence-electron chi connectivity index (χ0n) is 15.7. The second-order valence-corrected chi connectivity index (χ2v) is 7.71. The van der Waals surface area contributed by atoms with Crippen LogP contribution in [-0.2, 0) is 25.5 Å². The summed E-state index contributed by atoms with van der Waals surface area (Å²) in [5, 5.41) is 0. The second-order valence-electron chi connectivity index (χ2n) is 7.71. The molecule has 28 heavy (non-hydrogen) atoms. The van der Waals surface area contributed by atoms with Crippen molar-refractivity contribution in [1.82, 2.24) is 4.98 Å². The molecule has 2 aliphatic rings. The van der Waals surface area contributed by atoms with Gasteiger partial charge < -0.3 is 4.98 Å². The molecule has 1 radical (unpaired) electrons. The van der Waals surface area contributed by atoms with Crippen LogP contribution < -0.4 is 0 Å². The molecule has 1 nitrogen and oxygen atoms in total. The molecule has 0 saturated heterocycles. The van der Waals surface area contributed by atoms with Gasteiger partial charge in [0.2, 0.25) is 0 Å². The third-order valence-corrected chi connectivity index (χ3v) is 6.16. The fourth-order valence-corrected chi connectivity index (χ4v) is 5.13. The molecule has 1 spiro atoms. The molecule has 0 fully saturated rings. The van der Waals surface area contributed by atoms with Crippen molar-refractivity contribution in [2.45, 2.75) is 19.3 Å². The summed E-state index contributed by atoms with van der Waals surface area (Å²) in [6, 6.07) is 27.9. The maximum absolute atomic E-state index is 4.78. The maximum Gasteiger partial charge on any atom is 0.0314 e. The summed E-state index contributed by atoms with van der Waals surface area (Å²) in [7, 11) is 0. The summed E-state index contributed by atoms with van der Waals surface area (Å²) in [4.78, 5) is 4.78. The molecular weight excluding hydrogens is 519 g/mol. The Morgan fingerprint density at radius 3 is 2.07 bits per heavy atom. The zero-order chi connectivity index (χ0) is 18.2. The normalized spacial score (nSPS) is 14.1. The van der Waals surface area contributed by atoms with Gasteiger partial charge in [-0.2, -0.15) is 0 Å². The number of nitrogens with zero attached hydrogens (tertiary/aromatic N) is 1. The van der Waals surface area contributed by atoms with Gasteiger partial charge in [-0.25, -0.2) is 0 Å². The van der Waals surface area contributed by atoms with E-state index in [1.807, 2.05) is 12.3 Å². The van der Waals surface area contributed by atoms with E-state index >= 15 is 0 Å². The van der Waals surface area contributed by atoms with Crippen LogP contribution in [0.25, 0.3) is 22.4 Å². The monoisotopic (exact) mass is 537 g/mol. The third kappa shape index (κ3) is 1.97. The summed E-state index contributed by atoms with van der Waals surface area (Å²) in [6.07, 6.45) is 1.89. The SMILES string of the molecule is Cc1ccc2c(c1)C1(c3ccc[c-]c3-c3ncccc31)c1cc(C)ccc1-2.[Ir]. The number of benzene rings is 3. The Kier molecular flexibility index (Phi) is 3.75. The van der Waals surface area contributed by atoms with Crippen molar-refractivity contribution in [2.75, 3.05) is 0 Å². The molecule has 0 saturated carbocycles. The van der Waals surface area contributed by atoms with Crippen LogP contribution >= 0.6 is 0 Å². The van der Waals surface area contributed by atoms with E-state index in [1.165, 1.54) is 44.5 Å². The van der Waals surface area contributed by atoms with Crippen LogP contribution in [0.15, 0.2) is 72.9 Å². The van der Waals surface area contributed by atoms with E-state index in [2.05, 4.69) is 80.6 Å². The van der Waals surface area contributed by atoms with E-state index in [-0.39, 0.29) is 25.5 Å². The van der Waals surface area contributed by atoms with Crippen molar-refractivity contribution in [3.05, 3.63) is 112 Å². The first-order valence-electron chi connectivity index (χ1n) is 9.41. The van der Waals surface area contributed by atoms with Crippen LogP contribution in [-0.4, -0.2) is 4.98 Å². The summed E-state index contributed by atoms with van der Waals surface area (Å²) in [5.41, 5.74) is 12.5. The summed E-state index contributed by atoms with van der Waals surface area (Å²) in [5.74, 6) is 0. The van der Waals surface area contributed by atoms with E-state index in [4.69, 9.17) is 4.98 Å². The molecular formula is C26H18IrN-. The van der Waals surface area contributed by atoms with Gasteiger partial charge in [0.15, 0.2) is 0 Å². The number of aromatic nitrogens is 1. The fourth-order valence-electron chi connectivity index (χ4n) is 5.13. The van der Waals surface area contributed by atoms with Crippen molar-refractivity contribution in [3.63, 3.8) is 0 Å². The number of rotatable bonds is 0. The van der Waals surface area contributed by atoms with Gasteiger partial charge in [0.1, 0.15) is 0 Å². The molecule has 2 aliphatic carbocycles. The van der Waals surface area contributed by atoms with E-state index in [0.29, 0.717) is 0 Å². The van der Waals surface area contributed by atoms with Gasteiger partial charge in [0, 0.05) is 31.7 Å². The molecule has 3 aromatic carbocycles. The number of pyridine rings is 1. The predicted octanol–water partition coefficient (Wildman–Crippen LogP) is 5.84. The van der Waals surface area contributed by atoms with E-state index in [9.17, 15) is 0 Å². The average molecular weight is 537 g/mol. The van der Waals surface area contributed by atoms with Crippen molar-refractivity contribution in [2.24, 2.45) is 0 Å². The minimum Gasteiger partial charge on any atom is -0.304 e. The Bertz CT molecular complexity index is 1160. The molecule has 1 heterocycles. The summed E-state index contributed by atoms with van der Waals surface area (Å²) >= 11 is 0. The van der Waals surface area contributed by atoms with Gasteiger partial charge in [-0.15, -0.1) is 35.4 Å². The maximum atomic E-state index is 4.78. The van der Waals surface area contributed by atoms with Crippen LogP contribution in [0.2, 0.25) is 0 Å². The number of fused-ring (bicyclic) bond motifs is 10. The minimum absolute atomic E-state index is 0. The summed E-state index contributed by atoms with van der Waals surface area (Å²) < 4.78 is 0. The molecule has 6 rings (SSSR count). The molecule has 1 aromatic heterocycles. The molecule has 137 valence electrons. The van der Waals surface area contributed by atoms with Gasteiger partial charge in [-0.05, 0) is 47.9 Å². The average Bonchev–Trinajstić information content (AvgIpc) is 3.14. The van der Waals surface area contributed by atoms with Crippen LogP contribution in [0.4, 0.5) is 0 Å². The molecule has 0 atom stereocenters. The van der Waals surface area contributed by atoms with Gasteiger partial charge >= 0.3 is 0 Å². The van der Waals surface area contributed by atoms with Crippen molar-refractivity contribution in [3.8, 4) is 22.4 Å². The van der Waals surface area contributed by atoms with Gasteiger partial charge in [-0.1, -0.05) is 59.2 Å². The second kappa shape index (κ2) is 5.98. The third-order valence-electron chi connectivity index (χ3n) is 6.16. The Labute approximate surface area is 178 Å². The molecule has 0 N–H and O–H groups in total. The number of hydrogen-bond donors (Lipinski definition) is 0. The molecule has 2 heteroatoms. The van der Waals surface area contributed by atoms with E-state index in [0.717, 1.165) is 11.3 Å². The summed E-state index contributed by atoms with van der Waals surface area (Å²) in [6.45, 7) is 4.36. The van der Waals surface area contributed by atoms with Crippen molar-refractivity contribution < 1.29 is 20.1 Å². The first kappa shape index (κ1) is 17.6. The Hall–Kier alpha value is -2.54. The quantitative estimate of drug-likeness (QED) is 0.222. The number of aryl methyl sites for hydroxylation is 2. The Morgan fingerprint density at radius 1 is 0.750 bits per heavy atom. The van der Waals surface area contributed by atoms with Gasteiger partial charge in [0.05, 0.1) is 0 Å². The molecule has 0 amide bonds. The Balaban J connectivity index is 0.00000171. The standard InChI is InChI=1S/C26H18N.Ir/c1-16-9-11-18-19-12-10-17(2)15-24(19)26(23(18)14-16)21-7-4-3-6-20(21)25-22(26)8-5-13-27-25;/h3-5,7-15H,1-2H3;/q-1;. The first-order valence-corrected chi connectivity index (χ1v) is 9.41. The van der Waals surface area contributed by atoms with Crippen LogP contribution in [0.3, 0.4) is 0 Å². The fraction of sp³-hybridized carbons (Fsp3) is 0.115. The van der Waals surface area contributed by atoms with Gasteiger partial charge in [-0.3, -0.25) is 0 Å². The topological polar surface area (TPSA) is 12.9 Å². The predicted molar refractivity (Wildman–Crippen MR) is 109 cm³/mol. The largest absolute Gasteiger partial charge is 0.304 e.